The van der Waals surface area contributed by atoms with Crippen molar-refractivity contribution in [3.63, 3.8) is 0 Å². The highest BCUT2D eigenvalue weighted by Gasteiger charge is 2.34. The van der Waals surface area contributed by atoms with Gasteiger partial charge in [-0.25, -0.2) is 0 Å². The molecule has 0 N–H and O–H groups in total. The summed E-state index contributed by atoms with van der Waals surface area (Å²) in [6, 6.07) is 10.8. The maximum Gasteiger partial charge on any atom is 0.0839 e. The number of hydrogen-bond acceptors (Lipinski definition) is 2. The molecule has 1 aliphatic rings. The van der Waals surface area contributed by atoms with Gasteiger partial charge in [0.2, 0.25) is 0 Å². The molecule has 1 fully saturated rings. The van der Waals surface area contributed by atoms with E-state index in [9.17, 15) is 0 Å². The lowest BCUT2D eigenvalue weighted by Gasteiger charge is -2.45. The van der Waals surface area contributed by atoms with Crippen molar-refractivity contribution in [3.8, 4) is 0 Å². The molecule has 0 radical (unpaired) electrons. The Bertz CT molecular complexity index is 438. The summed E-state index contributed by atoms with van der Waals surface area (Å²) in [5.74, 6) is 0. The fraction of sp³-hybridized carbons (Fsp3) is 0.667. The van der Waals surface area contributed by atoms with Gasteiger partial charge in [-0.2, -0.15) is 0 Å². The second-order valence-corrected chi connectivity index (χ2v) is 11.3. The fourth-order valence-corrected chi connectivity index (χ4v) is 3.62. The maximum atomic E-state index is 6.49. The van der Waals surface area contributed by atoms with Crippen molar-refractivity contribution in [1.29, 1.82) is 0 Å². The van der Waals surface area contributed by atoms with Crippen LogP contribution < -0.4 is 0 Å². The van der Waals surface area contributed by atoms with Crippen LogP contribution in [0.1, 0.15) is 32.8 Å². The second kappa shape index (κ2) is 6.72. The molecule has 0 bridgehead atoms. The third-order valence-electron chi connectivity index (χ3n) is 4.64. The topological polar surface area (TPSA) is 12.5 Å². The zero-order valence-electron chi connectivity index (χ0n) is 14.3. The summed E-state index contributed by atoms with van der Waals surface area (Å²) in [5, 5.41) is 0. The summed E-state index contributed by atoms with van der Waals surface area (Å²) in [4.78, 5) is 2.55. The quantitative estimate of drug-likeness (QED) is 0.812. The zero-order chi connectivity index (χ0) is 15.5. The zero-order valence-corrected chi connectivity index (χ0v) is 15.1. The Morgan fingerprint density at radius 2 is 1.86 bits per heavy atom. The number of likely N-dealkylation sites (tertiary alicyclic amines) is 1. The van der Waals surface area contributed by atoms with Gasteiger partial charge in [0.05, 0.1) is 6.10 Å². The fourth-order valence-electron chi connectivity index (χ4n) is 2.50. The van der Waals surface area contributed by atoms with Crippen LogP contribution in [0.5, 0.6) is 0 Å². The van der Waals surface area contributed by atoms with E-state index in [1.165, 1.54) is 18.5 Å². The first-order valence-corrected chi connectivity index (χ1v) is 10.3. The predicted molar refractivity (Wildman–Crippen MR) is 95.3 cm³/mol. The van der Waals surface area contributed by atoms with Crippen molar-refractivity contribution in [2.75, 3.05) is 32.1 Å². The maximum absolute atomic E-state index is 6.49. The van der Waals surface area contributed by atoms with Gasteiger partial charge in [-0.05, 0) is 30.9 Å². The molecule has 2 nitrogen and oxygen atoms in total. The Kier molecular flexibility index (Phi) is 5.39. The van der Waals surface area contributed by atoms with E-state index in [-0.39, 0.29) is 4.75 Å². The summed E-state index contributed by atoms with van der Waals surface area (Å²) < 4.78 is 6.74. The van der Waals surface area contributed by atoms with E-state index in [2.05, 4.69) is 68.5 Å². The predicted octanol–water partition coefficient (Wildman–Crippen LogP) is 4.10. The molecule has 0 amide bonds. The minimum Gasteiger partial charge on any atom is -0.332 e. The van der Waals surface area contributed by atoms with E-state index in [1.807, 2.05) is 0 Å². The van der Waals surface area contributed by atoms with Crippen LogP contribution in [0.3, 0.4) is 0 Å². The largest absolute Gasteiger partial charge is 0.332 e. The molecule has 3 heteroatoms. The summed E-state index contributed by atoms with van der Waals surface area (Å²) in [5.41, 5.74) is 1.43. The van der Waals surface area contributed by atoms with E-state index >= 15 is 0 Å². The summed E-state index contributed by atoms with van der Waals surface area (Å²) in [6.07, 6.45) is 7.36. The van der Waals surface area contributed by atoms with Crippen molar-refractivity contribution in [2.45, 2.75) is 44.5 Å². The van der Waals surface area contributed by atoms with E-state index in [4.69, 9.17) is 4.18 Å². The van der Waals surface area contributed by atoms with Crippen LogP contribution in [0.15, 0.2) is 30.3 Å². The van der Waals surface area contributed by atoms with Crippen molar-refractivity contribution in [3.05, 3.63) is 35.9 Å². The van der Waals surface area contributed by atoms with E-state index in [0.717, 1.165) is 19.5 Å². The summed E-state index contributed by atoms with van der Waals surface area (Å²) in [6.45, 7) is 10.3. The first-order valence-electron chi connectivity index (χ1n) is 7.95. The van der Waals surface area contributed by atoms with Gasteiger partial charge in [-0.3, -0.25) is 0 Å². The van der Waals surface area contributed by atoms with E-state index in [1.54, 1.807) is 0 Å². The normalized spacial score (nSPS) is 21.7. The first kappa shape index (κ1) is 16.9. The second-order valence-electron chi connectivity index (χ2n) is 7.39. The molecule has 21 heavy (non-hydrogen) atoms. The molecule has 0 aromatic heterocycles. The number of rotatable bonds is 5. The molecule has 1 unspecified atom stereocenters. The molecule has 1 aromatic carbocycles. The highest BCUT2D eigenvalue weighted by atomic mass is 32.3. The Labute approximate surface area is 132 Å². The van der Waals surface area contributed by atoms with Crippen LogP contribution in [0.4, 0.5) is 0 Å². The Morgan fingerprint density at radius 1 is 1.19 bits per heavy atom. The standard InChI is InChI=1S/C18H31NOS/c1-18(2,3)21(4,5)20-17-12-14-19(15-17)13-11-16-9-7-6-8-10-16/h6-10,17H,11-15H2,1-5H3. The van der Waals surface area contributed by atoms with Gasteiger partial charge < -0.3 is 9.08 Å². The van der Waals surface area contributed by atoms with Crippen LogP contribution in [0.25, 0.3) is 0 Å². The van der Waals surface area contributed by atoms with Crippen LogP contribution in [0.2, 0.25) is 0 Å². The molecule has 1 heterocycles. The van der Waals surface area contributed by atoms with Gasteiger partial charge in [-0.1, -0.05) is 51.1 Å². The van der Waals surface area contributed by atoms with Crippen molar-refractivity contribution in [2.24, 2.45) is 0 Å². The van der Waals surface area contributed by atoms with Crippen molar-refractivity contribution in [1.82, 2.24) is 4.90 Å². The molecular formula is C18H31NOS. The highest BCUT2D eigenvalue weighted by molar-refractivity contribution is 8.29. The lowest BCUT2D eigenvalue weighted by atomic mass is 10.1. The van der Waals surface area contributed by atoms with Crippen molar-refractivity contribution < 1.29 is 4.18 Å². The van der Waals surface area contributed by atoms with Gasteiger partial charge in [0.15, 0.2) is 0 Å². The molecule has 1 atom stereocenters. The van der Waals surface area contributed by atoms with E-state index < -0.39 is 10.3 Å². The lowest BCUT2D eigenvalue weighted by Crippen LogP contribution is -2.31. The Balaban J connectivity index is 1.79. The van der Waals surface area contributed by atoms with Crippen LogP contribution in [-0.2, 0) is 10.6 Å². The molecule has 1 aliphatic heterocycles. The Hall–Kier alpha value is -0.510. The molecule has 120 valence electrons. The van der Waals surface area contributed by atoms with Gasteiger partial charge >= 0.3 is 0 Å². The Morgan fingerprint density at radius 3 is 2.48 bits per heavy atom. The molecule has 0 saturated carbocycles. The molecule has 1 saturated heterocycles. The molecule has 2 rings (SSSR count). The van der Waals surface area contributed by atoms with Gasteiger partial charge in [0.25, 0.3) is 0 Å². The number of hydrogen-bond donors (Lipinski definition) is 0. The molecule has 0 aliphatic carbocycles. The summed E-state index contributed by atoms with van der Waals surface area (Å²) >= 11 is 0. The SMILES string of the molecule is CC(C)(C)S(C)(C)OC1CCN(CCc2ccccc2)C1. The minimum atomic E-state index is -0.998. The van der Waals surface area contributed by atoms with Crippen LogP contribution in [0, 0.1) is 0 Å². The van der Waals surface area contributed by atoms with Gasteiger partial charge in [0, 0.05) is 24.4 Å². The van der Waals surface area contributed by atoms with Gasteiger partial charge in [-0.15, -0.1) is 10.3 Å². The highest BCUT2D eigenvalue weighted by Crippen LogP contribution is 2.55. The number of benzene rings is 1. The third kappa shape index (κ3) is 4.73. The first-order chi connectivity index (χ1) is 9.78. The van der Waals surface area contributed by atoms with E-state index in [0.29, 0.717) is 6.10 Å². The lowest BCUT2D eigenvalue weighted by molar-refractivity contribution is 0.221. The van der Waals surface area contributed by atoms with Crippen LogP contribution in [-0.4, -0.2) is 47.9 Å². The molecular weight excluding hydrogens is 278 g/mol. The molecule has 1 aromatic rings. The average Bonchev–Trinajstić information content (AvgIpc) is 2.83. The van der Waals surface area contributed by atoms with Gasteiger partial charge in [0.1, 0.15) is 0 Å². The van der Waals surface area contributed by atoms with Crippen molar-refractivity contribution >= 4 is 10.3 Å². The number of nitrogens with zero attached hydrogens (tertiary/aromatic N) is 1. The minimum absolute atomic E-state index is 0.254. The smallest absolute Gasteiger partial charge is 0.0839 e. The summed E-state index contributed by atoms with van der Waals surface area (Å²) in [7, 11) is -0.998. The monoisotopic (exact) mass is 309 g/mol. The third-order valence-corrected chi connectivity index (χ3v) is 8.34. The average molecular weight is 310 g/mol. The van der Waals surface area contributed by atoms with Crippen LogP contribution >= 0.6 is 10.3 Å². The molecule has 0 spiro atoms.